The Morgan fingerprint density at radius 3 is 2.62 bits per heavy atom. The molecule has 0 spiro atoms. The fourth-order valence-corrected chi connectivity index (χ4v) is 2.76. The molecular formula is C18H17N5O. The van der Waals surface area contributed by atoms with E-state index in [9.17, 15) is 0 Å². The van der Waals surface area contributed by atoms with Gasteiger partial charge in [0, 0.05) is 25.5 Å². The summed E-state index contributed by atoms with van der Waals surface area (Å²) in [7, 11) is 0. The van der Waals surface area contributed by atoms with Gasteiger partial charge in [0.2, 0.25) is 5.88 Å². The number of aromatic nitrogens is 2. The van der Waals surface area contributed by atoms with Crippen molar-refractivity contribution in [2.75, 3.05) is 24.6 Å². The highest BCUT2D eigenvalue weighted by atomic mass is 16.5. The van der Waals surface area contributed by atoms with Gasteiger partial charge in [-0.05, 0) is 43.0 Å². The Labute approximate surface area is 141 Å². The molecule has 2 aromatic rings. The highest BCUT2D eigenvalue weighted by molar-refractivity contribution is 5.42. The molecule has 24 heavy (non-hydrogen) atoms. The van der Waals surface area contributed by atoms with E-state index in [1.165, 1.54) is 0 Å². The first-order valence-corrected chi connectivity index (χ1v) is 7.89. The predicted molar refractivity (Wildman–Crippen MR) is 88.3 cm³/mol. The van der Waals surface area contributed by atoms with E-state index in [0.29, 0.717) is 29.5 Å². The Hall–Kier alpha value is -3.12. The second-order valence-corrected chi connectivity index (χ2v) is 5.73. The van der Waals surface area contributed by atoms with Crippen molar-refractivity contribution in [1.82, 2.24) is 9.97 Å². The van der Waals surface area contributed by atoms with E-state index < -0.39 is 0 Å². The fraction of sp³-hybridized carbons (Fsp3) is 0.333. The Morgan fingerprint density at radius 1 is 1.12 bits per heavy atom. The highest BCUT2D eigenvalue weighted by Gasteiger charge is 2.21. The second kappa shape index (κ2) is 7.43. The first-order chi connectivity index (χ1) is 11.8. The molecule has 2 aromatic heterocycles. The Morgan fingerprint density at radius 2 is 1.96 bits per heavy atom. The maximum atomic E-state index is 9.05. The average Bonchev–Trinajstić information content (AvgIpc) is 2.67. The van der Waals surface area contributed by atoms with Crippen LogP contribution in [0.3, 0.4) is 0 Å². The molecule has 120 valence electrons. The molecule has 1 aliphatic heterocycles. The smallest absolute Gasteiger partial charge is 0.231 e. The summed E-state index contributed by atoms with van der Waals surface area (Å²) in [5, 5.41) is 17.9. The predicted octanol–water partition coefficient (Wildman–Crippen LogP) is 2.52. The molecule has 0 saturated carbocycles. The number of anilines is 1. The molecule has 0 aromatic carbocycles. The van der Waals surface area contributed by atoms with Crippen LogP contribution in [0.1, 0.15) is 24.0 Å². The SMILES string of the molecule is N#Cc1ccc(N2CCC(COc3ncccc3C#N)CC2)nc1. The van der Waals surface area contributed by atoms with Crippen LogP contribution in [0.25, 0.3) is 0 Å². The number of nitriles is 2. The molecule has 0 amide bonds. The van der Waals surface area contributed by atoms with Gasteiger partial charge in [-0.3, -0.25) is 0 Å². The quantitative estimate of drug-likeness (QED) is 0.860. The third kappa shape index (κ3) is 3.61. The standard InChI is InChI=1S/C18H17N5O/c19-10-15-3-4-17(22-12-15)23-8-5-14(6-9-23)13-24-18-16(11-20)2-1-7-21-18/h1-4,7,12,14H,5-6,8-9,13H2. The number of pyridine rings is 2. The van der Waals surface area contributed by atoms with Crippen LogP contribution in [0.5, 0.6) is 5.88 Å². The number of hydrogen-bond acceptors (Lipinski definition) is 6. The number of nitrogens with zero attached hydrogens (tertiary/aromatic N) is 5. The Balaban J connectivity index is 1.52. The molecule has 0 unspecified atom stereocenters. The number of piperidine rings is 1. The summed E-state index contributed by atoms with van der Waals surface area (Å²) >= 11 is 0. The third-order valence-electron chi connectivity index (χ3n) is 4.16. The molecule has 0 aliphatic carbocycles. The third-order valence-corrected chi connectivity index (χ3v) is 4.16. The van der Waals surface area contributed by atoms with E-state index in [4.69, 9.17) is 15.3 Å². The molecule has 0 N–H and O–H groups in total. The van der Waals surface area contributed by atoms with E-state index in [1.807, 2.05) is 6.07 Å². The van der Waals surface area contributed by atoms with Crippen LogP contribution in [-0.2, 0) is 0 Å². The molecule has 0 radical (unpaired) electrons. The Kier molecular flexibility index (Phi) is 4.88. The van der Waals surface area contributed by atoms with Crippen LogP contribution in [-0.4, -0.2) is 29.7 Å². The first kappa shape index (κ1) is 15.8. The van der Waals surface area contributed by atoms with Crippen LogP contribution in [0.2, 0.25) is 0 Å². The molecule has 6 nitrogen and oxygen atoms in total. The molecule has 0 bridgehead atoms. The minimum atomic E-state index is 0.413. The van der Waals surface area contributed by atoms with E-state index in [0.717, 1.165) is 31.7 Å². The maximum Gasteiger partial charge on any atom is 0.231 e. The molecule has 3 heterocycles. The van der Waals surface area contributed by atoms with Crippen LogP contribution < -0.4 is 9.64 Å². The van der Waals surface area contributed by atoms with Crippen molar-refractivity contribution in [3.05, 3.63) is 47.8 Å². The van der Waals surface area contributed by atoms with Crippen LogP contribution in [0, 0.1) is 28.6 Å². The maximum absolute atomic E-state index is 9.05. The minimum absolute atomic E-state index is 0.413. The van der Waals surface area contributed by atoms with Crippen molar-refractivity contribution in [2.45, 2.75) is 12.8 Å². The average molecular weight is 319 g/mol. The zero-order valence-electron chi connectivity index (χ0n) is 13.2. The van der Waals surface area contributed by atoms with Gasteiger partial charge in [0.1, 0.15) is 23.5 Å². The molecular weight excluding hydrogens is 302 g/mol. The fourth-order valence-electron chi connectivity index (χ4n) is 2.76. The lowest BCUT2D eigenvalue weighted by atomic mass is 9.98. The van der Waals surface area contributed by atoms with Gasteiger partial charge in [0.05, 0.1) is 12.2 Å². The van der Waals surface area contributed by atoms with Gasteiger partial charge in [0.25, 0.3) is 0 Å². The molecule has 1 fully saturated rings. The van der Waals surface area contributed by atoms with Crippen LogP contribution in [0.4, 0.5) is 5.82 Å². The van der Waals surface area contributed by atoms with Gasteiger partial charge in [-0.15, -0.1) is 0 Å². The van der Waals surface area contributed by atoms with Gasteiger partial charge < -0.3 is 9.64 Å². The number of ether oxygens (including phenoxy) is 1. The summed E-state index contributed by atoms with van der Waals surface area (Å²) in [6.45, 7) is 2.38. The van der Waals surface area contributed by atoms with Crippen molar-refractivity contribution in [3.63, 3.8) is 0 Å². The summed E-state index contributed by atoms with van der Waals surface area (Å²) in [5.74, 6) is 1.76. The summed E-state index contributed by atoms with van der Waals surface area (Å²) < 4.78 is 5.73. The van der Waals surface area contributed by atoms with E-state index in [2.05, 4.69) is 27.0 Å². The van der Waals surface area contributed by atoms with E-state index in [-0.39, 0.29) is 0 Å². The first-order valence-electron chi connectivity index (χ1n) is 7.89. The number of hydrogen-bond donors (Lipinski definition) is 0. The summed E-state index contributed by atoms with van der Waals surface area (Å²) in [5.41, 5.74) is 1.04. The normalized spacial score (nSPS) is 14.7. The Bertz CT molecular complexity index is 767. The van der Waals surface area contributed by atoms with Gasteiger partial charge in [-0.25, -0.2) is 9.97 Å². The zero-order chi connectivity index (χ0) is 16.8. The molecule has 0 atom stereocenters. The second-order valence-electron chi connectivity index (χ2n) is 5.73. The molecule has 6 heteroatoms. The lowest BCUT2D eigenvalue weighted by molar-refractivity contribution is 0.215. The van der Waals surface area contributed by atoms with Crippen molar-refractivity contribution in [2.24, 2.45) is 5.92 Å². The molecule has 3 rings (SSSR count). The van der Waals surface area contributed by atoms with E-state index in [1.54, 1.807) is 30.6 Å². The van der Waals surface area contributed by atoms with Gasteiger partial charge in [-0.1, -0.05) is 0 Å². The summed E-state index contributed by atoms with van der Waals surface area (Å²) in [6.07, 6.45) is 5.23. The van der Waals surface area contributed by atoms with Gasteiger partial charge in [-0.2, -0.15) is 10.5 Å². The summed E-state index contributed by atoms with van der Waals surface area (Å²) in [4.78, 5) is 10.7. The molecule has 1 saturated heterocycles. The van der Waals surface area contributed by atoms with Gasteiger partial charge in [0.15, 0.2) is 0 Å². The van der Waals surface area contributed by atoms with Crippen LogP contribution in [0.15, 0.2) is 36.7 Å². The number of rotatable bonds is 4. The lowest BCUT2D eigenvalue weighted by Crippen LogP contribution is -2.36. The highest BCUT2D eigenvalue weighted by Crippen LogP contribution is 2.23. The zero-order valence-corrected chi connectivity index (χ0v) is 13.2. The van der Waals surface area contributed by atoms with Crippen molar-refractivity contribution in [1.29, 1.82) is 10.5 Å². The van der Waals surface area contributed by atoms with Crippen molar-refractivity contribution >= 4 is 5.82 Å². The monoisotopic (exact) mass is 319 g/mol. The largest absolute Gasteiger partial charge is 0.476 e. The van der Waals surface area contributed by atoms with Crippen molar-refractivity contribution < 1.29 is 4.74 Å². The topological polar surface area (TPSA) is 85.8 Å². The van der Waals surface area contributed by atoms with E-state index >= 15 is 0 Å². The van der Waals surface area contributed by atoms with Gasteiger partial charge >= 0.3 is 0 Å². The molecule has 1 aliphatic rings. The van der Waals surface area contributed by atoms with Crippen LogP contribution >= 0.6 is 0 Å². The lowest BCUT2D eigenvalue weighted by Gasteiger charge is -2.32. The summed E-state index contributed by atoms with van der Waals surface area (Å²) in [6, 6.07) is 11.3. The minimum Gasteiger partial charge on any atom is -0.476 e. The van der Waals surface area contributed by atoms with Crippen molar-refractivity contribution in [3.8, 4) is 18.0 Å².